The molecule has 0 spiro atoms. The highest BCUT2D eigenvalue weighted by Gasteiger charge is 2.36. The van der Waals surface area contributed by atoms with Crippen LogP contribution in [0.1, 0.15) is 17.0 Å². The maximum atomic E-state index is 13.3. The van der Waals surface area contributed by atoms with Gasteiger partial charge in [0.1, 0.15) is 12.5 Å². The number of amides is 1. The number of carbonyl (C=O) groups excluding carboxylic acids is 1. The van der Waals surface area contributed by atoms with E-state index in [1.807, 2.05) is 60.7 Å². The lowest BCUT2D eigenvalue weighted by Crippen LogP contribution is -2.57. The average Bonchev–Trinajstić information content (AvgIpc) is 3.21. The van der Waals surface area contributed by atoms with Crippen LogP contribution in [0.2, 0.25) is 0 Å². The van der Waals surface area contributed by atoms with Crippen molar-refractivity contribution in [3.05, 3.63) is 78.1 Å². The normalized spacial score (nSPS) is 12.3. The lowest BCUT2D eigenvalue weighted by atomic mass is 9.90. The van der Waals surface area contributed by atoms with Crippen molar-refractivity contribution in [3.63, 3.8) is 0 Å². The SMILES string of the molecule is O=C(NC(NC(=S)Nc1ncn[nH]1)C(Cl)(Cl)Cl)C(c1ccccc1)c1ccccc1. The van der Waals surface area contributed by atoms with Crippen molar-refractivity contribution in [2.45, 2.75) is 15.9 Å². The smallest absolute Gasteiger partial charge is 0.233 e. The van der Waals surface area contributed by atoms with Crippen LogP contribution in [0.3, 0.4) is 0 Å². The average molecular weight is 484 g/mol. The summed E-state index contributed by atoms with van der Waals surface area (Å²) in [4.78, 5) is 17.2. The molecule has 11 heteroatoms. The van der Waals surface area contributed by atoms with E-state index in [1.54, 1.807) is 0 Å². The Kier molecular flexibility index (Phi) is 7.49. The zero-order chi connectivity index (χ0) is 21.6. The van der Waals surface area contributed by atoms with Crippen molar-refractivity contribution in [1.29, 1.82) is 0 Å². The van der Waals surface area contributed by atoms with E-state index in [1.165, 1.54) is 6.33 Å². The first-order chi connectivity index (χ1) is 14.3. The molecule has 156 valence electrons. The molecule has 1 heterocycles. The molecule has 0 aliphatic carbocycles. The Labute approximate surface area is 193 Å². The quantitative estimate of drug-likeness (QED) is 0.242. The lowest BCUT2D eigenvalue weighted by Gasteiger charge is -2.29. The third kappa shape index (κ3) is 6.06. The highest BCUT2D eigenvalue weighted by Crippen LogP contribution is 2.31. The van der Waals surface area contributed by atoms with E-state index >= 15 is 0 Å². The molecule has 4 N–H and O–H groups in total. The van der Waals surface area contributed by atoms with Crippen molar-refractivity contribution in [1.82, 2.24) is 25.8 Å². The van der Waals surface area contributed by atoms with E-state index in [-0.39, 0.29) is 11.0 Å². The van der Waals surface area contributed by atoms with Gasteiger partial charge in [-0.1, -0.05) is 95.5 Å². The minimum atomic E-state index is -1.89. The summed E-state index contributed by atoms with van der Waals surface area (Å²) in [5, 5.41) is 14.7. The summed E-state index contributed by atoms with van der Waals surface area (Å²) >= 11 is 23.5. The number of rotatable bonds is 6. The molecule has 1 atom stereocenters. The van der Waals surface area contributed by atoms with Gasteiger partial charge in [-0.25, -0.2) is 5.10 Å². The van der Waals surface area contributed by atoms with Crippen LogP contribution in [0, 0.1) is 0 Å². The number of hydrogen-bond acceptors (Lipinski definition) is 4. The van der Waals surface area contributed by atoms with Gasteiger partial charge in [0.2, 0.25) is 15.6 Å². The maximum absolute atomic E-state index is 13.3. The van der Waals surface area contributed by atoms with Gasteiger partial charge in [0.05, 0.1) is 5.92 Å². The Balaban J connectivity index is 1.81. The monoisotopic (exact) mass is 482 g/mol. The summed E-state index contributed by atoms with van der Waals surface area (Å²) < 4.78 is -1.89. The number of halogens is 3. The predicted molar refractivity (Wildman–Crippen MR) is 123 cm³/mol. The van der Waals surface area contributed by atoms with Crippen LogP contribution >= 0.6 is 47.0 Å². The first kappa shape index (κ1) is 22.3. The molecule has 0 aliphatic rings. The van der Waals surface area contributed by atoms with Crippen LogP contribution in [-0.2, 0) is 4.79 Å². The fraction of sp³-hybridized carbons (Fsp3) is 0.158. The van der Waals surface area contributed by atoms with Crippen molar-refractivity contribution < 1.29 is 4.79 Å². The molecule has 3 aromatic rings. The largest absolute Gasteiger partial charge is 0.339 e. The van der Waals surface area contributed by atoms with Gasteiger partial charge < -0.3 is 16.0 Å². The fourth-order valence-electron chi connectivity index (χ4n) is 2.75. The summed E-state index contributed by atoms with van der Waals surface area (Å²) in [6, 6.07) is 18.7. The summed E-state index contributed by atoms with van der Waals surface area (Å²) in [5.41, 5.74) is 1.60. The third-order valence-electron chi connectivity index (χ3n) is 4.06. The van der Waals surface area contributed by atoms with E-state index in [2.05, 4.69) is 31.1 Å². The zero-order valence-electron chi connectivity index (χ0n) is 15.4. The van der Waals surface area contributed by atoms with E-state index in [0.717, 1.165) is 11.1 Å². The number of H-pyrrole nitrogens is 1. The first-order valence-corrected chi connectivity index (χ1v) is 10.3. The Morgan fingerprint density at radius 3 is 2.00 bits per heavy atom. The molecule has 0 radical (unpaired) electrons. The van der Waals surface area contributed by atoms with Crippen LogP contribution in [0.15, 0.2) is 67.0 Å². The number of nitrogens with zero attached hydrogens (tertiary/aromatic N) is 2. The number of hydrogen-bond donors (Lipinski definition) is 4. The highest BCUT2D eigenvalue weighted by molar-refractivity contribution is 7.80. The second-order valence-corrected chi connectivity index (χ2v) is 8.95. The van der Waals surface area contributed by atoms with Gasteiger partial charge in [0.25, 0.3) is 0 Å². The predicted octanol–water partition coefficient (Wildman–Crippen LogP) is 3.74. The second kappa shape index (κ2) is 10.1. The van der Waals surface area contributed by atoms with E-state index < -0.39 is 15.9 Å². The van der Waals surface area contributed by atoms with E-state index in [9.17, 15) is 4.79 Å². The number of anilines is 1. The molecule has 0 bridgehead atoms. The molecule has 0 saturated carbocycles. The molecule has 2 aromatic carbocycles. The van der Waals surface area contributed by atoms with E-state index in [0.29, 0.717) is 5.95 Å². The molecular weight excluding hydrogens is 467 g/mol. The van der Waals surface area contributed by atoms with Crippen LogP contribution in [-0.4, -0.2) is 36.2 Å². The topological polar surface area (TPSA) is 94.7 Å². The first-order valence-electron chi connectivity index (χ1n) is 8.74. The standard InChI is InChI=1S/C19H17Cl3N6OS/c20-19(21,22)16(26-18(30)27-17-23-11-24-28-17)25-15(29)14(12-7-3-1-4-8-12)13-9-5-2-6-10-13/h1-11,14,16H,(H,25,29)(H3,23,24,26,27,28,30). The maximum Gasteiger partial charge on any atom is 0.233 e. The Bertz CT molecular complexity index is 927. The summed E-state index contributed by atoms with van der Waals surface area (Å²) in [5.74, 6) is -0.674. The van der Waals surface area contributed by atoms with Gasteiger partial charge in [0, 0.05) is 0 Å². The molecule has 0 fully saturated rings. The van der Waals surface area contributed by atoms with Gasteiger partial charge in [-0.15, -0.1) is 0 Å². The Morgan fingerprint density at radius 2 is 1.53 bits per heavy atom. The van der Waals surface area contributed by atoms with Crippen molar-refractivity contribution in [2.75, 3.05) is 5.32 Å². The number of alkyl halides is 3. The molecule has 1 amide bonds. The number of thiocarbonyl (C=S) groups is 1. The fourth-order valence-corrected chi connectivity index (χ4v) is 3.29. The van der Waals surface area contributed by atoms with Crippen LogP contribution in [0.25, 0.3) is 0 Å². The van der Waals surface area contributed by atoms with Gasteiger partial charge in [-0.2, -0.15) is 10.1 Å². The molecule has 30 heavy (non-hydrogen) atoms. The number of carbonyl (C=O) groups is 1. The van der Waals surface area contributed by atoms with Crippen LogP contribution in [0.4, 0.5) is 5.95 Å². The van der Waals surface area contributed by atoms with Crippen LogP contribution in [0.5, 0.6) is 0 Å². The molecule has 0 aliphatic heterocycles. The van der Waals surface area contributed by atoms with Gasteiger partial charge >= 0.3 is 0 Å². The minimum Gasteiger partial charge on any atom is -0.339 e. The number of nitrogens with one attached hydrogen (secondary N) is 4. The summed E-state index contributed by atoms with van der Waals surface area (Å²) in [6.45, 7) is 0. The van der Waals surface area contributed by atoms with Crippen molar-refractivity contribution in [2.24, 2.45) is 0 Å². The number of benzene rings is 2. The second-order valence-electron chi connectivity index (χ2n) is 6.17. The van der Waals surface area contributed by atoms with E-state index in [4.69, 9.17) is 47.0 Å². The molecular formula is C19H17Cl3N6OS. The molecule has 7 nitrogen and oxygen atoms in total. The molecule has 3 rings (SSSR count). The summed E-state index contributed by atoms with van der Waals surface area (Å²) in [6.07, 6.45) is 0.191. The van der Waals surface area contributed by atoms with Gasteiger partial charge in [-0.3, -0.25) is 4.79 Å². The Morgan fingerprint density at radius 1 is 0.967 bits per heavy atom. The highest BCUT2D eigenvalue weighted by atomic mass is 35.6. The zero-order valence-corrected chi connectivity index (χ0v) is 18.4. The minimum absolute atomic E-state index is 0.0827. The van der Waals surface area contributed by atoms with Gasteiger partial charge in [0.15, 0.2) is 5.11 Å². The van der Waals surface area contributed by atoms with Crippen LogP contribution < -0.4 is 16.0 Å². The third-order valence-corrected chi connectivity index (χ3v) is 4.94. The number of aromatic amines is 1. The van der Waals surface area contributed by atoms with Crippen molar-refractivity contribution in [3.8, 4) is 0 Å². The van der Waals surface area contributed by atoms with Crippen molar-refractivity contribution >= 4 is 64.0 Å². The molecule has 0 saturated heterocycles. The number of aromatic nitrogens is 3. The molecule has 1 aromatic heterocycles. The summed E-state index contributed by atoms with van der Waals surface area (Å²) in [7, 11) is 0. The Hall–Kier alpha value is -2.39. The molecule has 1 unspecified atom stereocenters. The van der Waals surface area contributed by atoms with Gasteiger partial charge in [-0.05, 0) is 23.3 Å². The lowest BCUT2D eigenvalue weighted by molar-refractivity contribution is -0.122.